The Hall–Kier alpha value is -1.91. The lowest BCUT2D eigenvalue weighted by Crippen LogP contribution is -2.44. The first-order valence-electron chi connectivity index (χ1n) is 6.24. The number of benzene rings is 2. The number of nitrogens with one attached hydrogen (secondary N) is 2. The van der Waals surface area contributed by atoms with Crippen molar-refractivity contribution in [2.24, 2.45) is 0 Å². The molecule has 4 heteroatoms. The Labute approximate surface area is 112 Å². The zero-order valence-corrected chi connectivity index (χ0v) is 11.1. The van der Waals surface area contributed by atoms with E-state index in [4.69, 9.17) is 0 Å². The second-order valence-corrected chi connectivity index (χ2v) is 4.44. The second kappa shape index (κ2) is 5.82. The molecule has 0 bridgehead atoms. The SMILES string of the molecule is CNC(C(=O)O)C(NC)c1cccc2ccccc12. The zero-order valence-electron chi connectivity index (χ0n) is 11.1. The first kappa shape index (κ1) is 13.5. The summed E-state index contributed by atoms with van der Waals surface area (Å²) < 4.78 is 0. The van der Waals surface area contributed by atoms with Crippen LogP contribution in [0.3, 0.4) is 0 Å². The third kappa shape index (κ3) is 2.59. The second-order valence-electron chi connectivity index (χ2n) is 4.44. The highest BCUT2D eigenvalue weighted by atomic mass is 16.4. The molecule has 2 unspecified atom stereocenters. The summed E-state index contributed by atoms with van der Waals surface area (Å²) in [5.41, 5.74) is 0.988. The number of carboxylic acid groups (broad SMARTS) is 1. The summed E-state index contributed by atoms with van der Waals surface area (Å²) in [6.07, 6.45) is 0. The Kier molecular flexibility index (Phi) is 4.14. The molecule has 0 spiro atoms. The molecule has 0 aliphatic rings. The van der Waals surface area contributed by atoms with Crippen LogP contribution in [0, 0.1) is 0 Å². The van der Waals surface area contributed by atoms with E-state index in [0.29, 0.717) is 0 Å². The van der Waals surface area contributed by atoms with Gasteiger partial charge in [0.1, 0.15) is 6.04 Å². The van der Waals surface area contributed by atoms with Gasteiger partial charge in [-0.15, -0.1) is 0 Å². The van der Waals surface area contributed by atoms with Crippen LogP contribution in [0.5, 0.6) is 0 Å². The summed E-state index contributed by atoms with van der Waals surface area (Å²) in [6.45, 7) is 0. The molecule has 100 valence electrons. The number of likely N-dealkylation sites (N-methyl/N-ethyl adjacent to an activating group) is 2. The van der Waals surface area contributed by atoms with Crippen LogP contribution in [0.1, 0.15) is 11.6 Å². The first-order valence-corrected chi connectivity index (χ1v) is 6.24. The van der Waals surface area contributed by atoms with Crippen molar-refractivity contribution in [2.75, 3.05) is 14.1 Å². The van der Waals surface area contributed by atoms with Crippen LogP contribution in [0.2, 0.25) is 0 Å². The monoisotopic (exact) mass is 258 g/mol. The average molecular weight is 258 g/mol. The molecule has 19 heavy (non-hydrogen) atoms. The minimum Gasteiger partial charge on any atom is -0.480 e. The van der Waals surface area contributed by atoms with Gasteiger partial charge in [0.05, 0.1) is 6.04 Å². The number of carbonyl (C=O) groups is 1. The number of rotatable bonds is 5. The highest BCUT2D eigenvalue weighted by Crippen LogP contribution is 2.26. The van der Waals surface area contributed by atoms with Crippen molar-refractivity contribution in [2.45, 2.75) is 12.1 Å². The van der Waals surface area contributed by atoms with Gasteiger partial charge in [0.2, 0.25) is 0 Å². The fourth-order valence-electron chi connectivity index (χ4n) is 2.46. The Morgan fingerprint density at radius 3 is 2.37 bits per heavy atom. The van der Waals surface area contributed by atoms with Gasteiger partial charge in [0.25, 0.3) is 0 Å². The topological polar surface area (TPSA) is 61.4 Å². The van der Waals surface area contributed by atoms with Crippen LogP contribution in [-0.2, 0) is 4.79 Å². The maximum absolute atomic E-state index is 11.3. The number of carboxylic acids is 1. The largest absolute Gasteiger partial charge is 0.480 e. The van der Waals surface area contributed by atoms with Gasteiger partial charge in [-0.1, -0.05) is 42.5 Å². The van der Waals surface area contributed by atoms with Crippen LogP contribution in [-0.4, -0.2) is 31.2 Å². The third-order valence-corrected chi connectivity index (χ3v) is 3.38. The molecule has 0 fully saturated rings. The number of aliphatic carboxylic acids is 1. The van der Waals surface area contributed by atoms with Gasteiger partial charge in [-0.3, -0.25) is 4.79 Å². The van der Waals surface area contributed by atoms with Gasteiger partial charge in [0, 0.05) is 0 Å². The predicted octanol–water partition coefficient (Wildman–Crippen LogP) is 1.77. The molecule has 0 saturated carbocycles. The molecule has 0 aromatic heterocycles. The van der Waals surface area contributed by atoms with E-state index in [1.54, 1.807) is 14.1 Å². The smallest absolute Gasteiger partial charge is 0.322 e. The predicted molar refractivity (Wildman–Crippen MR) is 76.2 cm³/mol. The maximum Gasteiger partial charge on any atom is 0.322 e. The van der Waals surface area contributed by atoms with E-state index in [1.807, 2.05) is 42.5 Å². The molecule has 0 aliphatic carbocycles. The summed E-state index contributed by atoms with van der Waals surface area (Å²) in [6, 6.07) is 13.0. The van der Waals surface area contributed by atoms with Gasteiger partial charge >= 0.3 is 5.97 Å². The van der Waals surface area contributed by atoms with Gasteiger partial charge in [0.15, 0.2) is 0 Å². The van der Waals surface area contributed by atoms with E-state index in [0.717, 1.165) is 16.3 Å². The molecular formula is C15H18N2O2. The number of fused-ring (bicyclic) bond motifs is 1. The molecule has 2 atom stereocenters. The van der Waals surface area contributed by atoms with E-state index in [-0.39, 0.29) is 6.04 Å². The van der Waals surface area contributed by atoms with Crippen LogP contribution >= 0.6 is 0 Å². The van der Waals surface area contributed by atoms with Crippen LogP contribution in [0.25, 0.3) is 10.8 Å². The summed E-state index contributed by atoms with van der Waals surface area (Å²) >= 11 is 0. The summed E-state index contributed by atoms with van der Waals surface area (Å²) in [5.74, 6) is -0.866. The molecule has 2 aromatic rings. The lowest BCUT2D eigenvalue weighted by molar-refractivity contribution is -0.140. The molecular weight excluding hydrogens is 240 g/mol. The van der Waals surface area contributed by atoms with Crippen molar-refractivity contribution < 1.29 is 9.90 Å². The molecule has 0 saturated heterocycles. The van der Waals surface area contributed by atoms with Crippen molar-refractivity contribution in [3.8, 4) is 0 Å². The van der Waals surface area contributed by atoms with Crippen molar-refractivity contribution in [3.05, 3.63) is 48.0 Å². The minimum atomic E-state index is -0.866. The fourth-order valence-corrected chi connectivity index (χ4v) is 2.46. The van der Waals surface area contributed by atoms with E-state index >= 15 is 0 Å². The normalized spacial score (nSPS) is 14.2. The zero-order chi connectivity index (χ0) is 13.8. The van der Waals surface area contributed by atoms with Crippen molar-refractivity contribution >= 4 is 16.7 Å². The summed E-state index contributed by atoms with van der Waals surface area (Å²) in [4.78, 5) is 11.3. The van der Waals surface area contributed by atoms with Crippen molar-refractivity contribution in [3.63, 3.8) is 0 Å². The average Bonchev–Trinajstić information content (AvgIpc) is 2.43. The number of hydrogen-bond donors (Lipinski definition) is 3. The standard InChI is InChI=1S/C15H18N2O2/c1-16-13(14(17-2)15(18)19)12-9-5-7-10-6-3-4-8-11(10)12/h3-9,13-14,16-17H,1-2H3,(H,18,19). The summed E-state index contributed by atoms with van der Waals surface area (Å²) in [7, 11) is 3.44. The number of hydrogen-bond acceptors (Lipinski definition) is 3. The van der Waals surface area contributed by atoms with Crippen LogP contribution in [0.4, 0.5) is 0 Å². The molecule has 2 aromatic carbocycles. The van der Waals surface area contributed by atoms with E-state index in [1.165, 1.54) is 0 Å². The first-order chi connectivity index (χ1) is 9.19. The molecule has 0 aliphatic heterocycles. The fraction of sp³-hybridized carbons (Fsp3) is 0.267. The summed E-state index contributed by atoms with van der Waals surface area (Å²) in [5, 5.41) is 17.4. The Morgan fingerprint density at radius 2 is 1.74 bits per heavy atom. The molecule has 3 N–H and O–H groups in total. The van der Waals surface area contributed by atoms with Gasteiger partial charge in [-0.05, 0) is 30.4 Å². The van der Waals surface area contributed by atoms with Crippen molar-refractivity contribution in [1.29, 1.82) is 0 Å². The Bertz CT molecular complexity index is 578. The highest BCUT2D eigenvalue weighted by molar-refractivity contribution is 5.87. The van der Waals surface area contributed by atoms with Crippen molar-refractivity contribution in [1.82, 2.24) is 10.6 Å². The lowest BCUT2D eigenvalue weighted by atomic mass is 9.94. The molecule has 2 rings (SSSR count). The van der Waals surface area contributed by atoms with Crippen LogP contribution < -0.4 is 10.6 Å². The maximum atomic E-state index is 11.3. The van der Waals surface area contributed by atoms with Gasteiger partial charge in [-0.25, -0.2) is 0 Å². The Balaban J connectivity index is 2.54. The minimum absolute atomic E-state index is 0.284. The third-order valence-electron chi connectivity index (χ3n) is 3.38. The Morgan fingerprint density at radius 1 is 1.05 bits per heavy atom. The molecule has 0 radical (unpaired) electrons. The molecule has 0 amide bonds. The van der Waals surface area contributed by atoms with Gasteiger partial charge in [-0.2, -0.15) is 0 Å². The van der Waals surface area contributed by atoms with E-state index in [2.05, 4.69) is 10.6 Å². The van der Waals surface area contributed by atoms with Gasteiger partial charge < -0.3 is 15.7 Å². The van der Waals surface area contributed by atoms with E-state index in [9.17, 15) is 9.90 Å². The molecule has 4 nitrogen and oxygen atoms in total. The lowest BCUT2D eigenvalue weighted by Gasteiger charge is -2.24. The molecule has 0 heterocycles. The quantitative estimate of drug-likeness (QED) is 0.765. The highest BCUT2D eigenvalue weighted by Gasteiger charge is 2.27. The van der Waals surface area contributed by atoms with Crippen LogP contribution in [0.15, 0.2) is 42.5 Å². The van der Waals surface area contributed by atoms with E-state index < -0.39 is 12.0 Å².